The van der Waals surface area contributed by atoms with E-state index in [1.54, 1.807) is 48.5 Å². The standard InChI is InChI=1S/C26H34N4O6S.2ClH/c31-25(32)23(19-7-9-27-15-19)13-17-3-1-5-21(11-17)29-37(35,36)30-22-6-2-4-18(12-22)14-24(26(33)34)20-8-10-28-16-20;;/h1-6,11-12,19-20,23-24,27-30H,7-10,13-16H2,(H,31,32)(H,33,34);2*1H/t19-,20-,23-,24-;;/m0../s1. The van der Waals surface area contributed by atoms with Gasteiger partial charge < -0.3 is 20.8 Å². The molecule has 0 aliphatic carbocycles. The minimum atomic E-state index is -3.99. The summed E-state index contributed by atoms with van der Waals surface area (Å²) < 4.78 is 30.7. The molecule has 13 heteroatoms. The van der Waals surface area contributed by atoms with E-state index < -0.39 is 34.0 Å². The number of anilines is 2. The van der Waals surface area contributed by atoms with Crippen molar-refractivity contribution in [3.05, 3.63) is 59.7 Å². The van der Waals surface area contributed by atoms with Crippen LogP contribution in [0.3, 0.4) is 0 Å². The fourth-order valence-electron chi connectivity index (χ4n) is 5.32. The second-order valence-electron chi connectivity index (χ2n) is 9.91. The number of aliphatic carboxylic acids is 2. The van der Waals surface area contributed by atoms with Crippen LogP contribution < -0.4 is 20.1 Å². The van der Waals surface area contributed by atoms with E-state index in [-0.39, 0.29) is 36.6 Å². The molecule has 2 aliphatic rings. The fraction of sp³-hybridized carbons (Fsp3) is 0.462. The van der Waals surface area contributed by atoms with Crippen molar-refractivity contribution in [2.45, 2.75) is 25.7 Å². The molecule has 216 valence electrons. The van der Waals surface area contributed by atoms with Crippen LogP contribution in [0.5, 0.6) is 0 Å². The second kappa shape index (κ2) is 14.7. The summed E-state index contributed by atoms with van der Waals surface area (Å²) in [6.07, 6.45) is 2.23. The number of nitrogens with one attached hydrogen (secondary N) is 4. The molecule has 2 fully saturated rings. The summed E-state index contributed by atoms with van der Waals surface area (Å²) in [6.45, 7) is 2.93. The molecule has 0 bridgehead atoms. The Hall–Kier alpha value is -2.57. The van der Waals surface area contributed by atoms with Gasteiger partial charge in [-0.1, -0.05) is 24.3 Å². The van der Waals surface area contributed by atoms with Crippen molar-refractivity contribution < 1.29 is 28.2 Å². The average Bonchev–Trinajstić information content (AvgIpc) is 3.55. The van der Waals surface area contributed by atoms with E-state index in [9.17, 15) is 28.2 Å². The highest BCUT2D eigenvalue weighted by molar-refractivity contribution is 7.94. The summed E-state index contributed by atoms with van der Waals surface area (Å²) in [4.78, 5) is 23.7. The summed E-state index contributed by atoms with van der Waals surface area (Å²) in [5.41, 5.74) is 2.13. The van der Waals surface area contributed by atoms with Gasteiger partial charge in [0.25, 0.3) is 0 Å². The minimum Gasteiger partial charge on any atom is -0.481 e. The molecule has 39 heavy (non-hydrogen) atoms. The van der Waals surface area contributed by atoms with Crippen LogP contribution in [-0.4, -0.2) is 56.7 Å². The monoisotopic (exact) mass is 602 g/mol. The first kappa shape index (κ1) is 32.6. The van der Waals surface area contributed by atoms with E-state index in [0.717, 1.165) is 37.1 Å². The maximum Gasteiger partial charge on any atom is 0.321 e. The molecule has 0 aromatic heterocycles. The Morgan fingerprint density at radius 2 is 1.21 bits per heavy atom. The molecule has 0 radical (unpaired) electrons. The molecule has 4 atom stereocenters. The predicted octanol–water partition coefficient (Wildman–Crippen LogP) is 3.00. The van der Waals surface area contributed by atoms with E-state index in [0.29, 0.717) is 37.3 Å². The Bertz CT molecular complexity index is 1130. The van der Waals surface area contributed by atoms with Crippen LogP contribution in [0.25, 0.3) is 0 Å². The van der Waals surface area contributed by atoms with Crippen molar-refractivity contribution in [2.24, 2.45) is 23.7 Å². The summed E-state index contributed by atoms with van der Waals surface area (Å²) in [5, 5.41) is 25.8. The molecule has 2 saturated heterocycles. The van der Waals surface area contributed by atoms with E-state index in [1.165, 1.54) is 0 Å². The summed E-state index contributed by atoms with van der Waals surface area (Å²) in [6, 6.07) is 13.5. The molecular formula is C26H36Cl2N4O6S. The topological polar surface area (TPSA) is 157 Å². The fourth-order valence-corrected chi connectivity index (χ4v) is 6.24. The highest BCUT2D eigenvalue weighted by atomic mass is 35.5. The SMILES string of the molecule is Cl.Cl.O=C(O)[C@@H](Cc1cccc(NS(=O)(=O)Nc2cccc(C[C@H](C(=O)O)[C@H]3CCNC3)c2)c1)[C@H]1CCNC1. The molecule has 0 spiro atoms. The Kier molecular flexibility index (Phi) is 12.3. The largest absolute Gasteiger partial charge is 0.481 e. The van der Waals surface area contributed by atoms with Crippen molar-refractivity contribution >= 4 is 58.3 Å². The van der Waals surface area contributed by atoms with Crippen LogP contribution in [0.4, 0.5) is 11.4 Å². The number of halogens is 2. The van der Waals surface area contributed by atoms with Crippen molar-refractivity contribution in [3.63, 3.8) is 0 Å². The molecule has 10 nitrogen and oxygen atoms in total. The highest BCUT2D eigenvalue weighted by Crippen LogP contribution is 2.27. The smallest absolute Gasteiger partial charge is 0.321 e. The average molecular weight is 604 g/mol. The lowest BCUT2D eigenvalue weighted by atomic mass is 9.86. The zero-order valence-electron chi connectivity index (χ0n) is 21.3. The zero-order chi connectivity index (χ0) is 26.4. The van der Waals surface area contributed by atoms with Crippen LogP contribution >= 0.6 is 24.8 Å². The van der Waals surface area contributed by atoms with E-state index in [4.69, 9.17) is 0 Å². The first-order valence-corrected chi connectivity index (χ1v) is 14.0. The van der Waals surface area contributed by atoms with E-state index in [2.05, 4.69) is 20.1 Å². The van der Waals surface area contributed by atoms with Crippen molar-refractivity contribution in [2.75, 3.05) is 35.6 Å². The molecule has 0 unspecified atom stereocenters. The molecule has 4 rings (SSSR count). The molecule has 0 saturated carbocycles. The Morgan fingerprint density at radius 3 is 1.54 bits per heavy atom. The number of benzene rings is 2. The molecule has 2 heterocycles. The zero-order valence-corrected chi connectivity index (χ0v) is 23.8. The van der Waals surface area contributed by atoms with Gasteiger partial charge in [0.1, 0.15) is 0 Å². The van der Waals surface area contributed by atoms with Gasteiger partial charge in [-0.3, -0.25) is 19.0 Å². The van der Waals surface area contributed by atoms with Gasteiger partial charge in [0, 0.05) is 0 Å². The normalized spacial score (nSPS) is 20.2. The van der Waals surface area contributed by atoms with Crippen LogP contribution in [-0.2, 0) is 32.6 Å². The molecule has 2 aliphatic heterocycles. The predicted molar refractivity (Wildman–Crippen MR) is 155 cm³/mol. The first-order chi connectivity index (χ1) is 17.7. The molecule has 2 aromatic carbocycles. The minimum absolute atomic E-state index is 0. The number of carboxylic acid groups (broad SMARTS) is 2. The van der Waals surface area contributed by atoms with Gasteiger partial charge in [-0.2, -0.15) is 8.42 Å². The number of carbonyl (C=O) groups is 2. The maximum atomic E-state index is 12.8. The van der Waals surface area contributed by atoms with Gasteiger partial charge in [0.05, 0.1) is 23.2 Å². The van der Waals surface area contributed by atoms with Gasteiger partial charge >= 0.3 is 22.1 Å². The summed E-state index contributed by atoms with van der Waals surface area (Å²) >= 11 is 0. The third-order valence-corrected chi connectivity index (χ3v) is 8.25. The van der Waals surface area contributed by atoms with Crippen molar-refractivity contribution in [3.8, 4) is 0 Å². The lowest BCUT2D eigenvalue weighted by molar-refractivity contribution is -0.144. The Morgan fingerprint density at radius 1 is 0.795 bits per heavy atom. The summed E-state index contributed by atoms with van der Waals surface area (Å²) in [7, 11) is -3.99. The maximum absolute atomic E-state index is 12.8. The van der Waals surface area contributed by atoms with Gasteiger partial charge in [-0.05, 0) is 99.1 Å². The molecule has 6 N–H and O–H groups in total. The summed E-state index contributed by atoms with van der Waals surface area (Å²) in [5.74, 6) is -2.71. The quantitative estimate of drug-likeness (QED) is 0.216. The van der Waals surface area contributed by atoms with Gasteiger partial charge in [-0.25, -0.2) is 0 Å². The third kappa shape index (κ3) is 9.25. The molecular weight excluding hydrogens is 567 g/mol. The van der Waals surface area contributed by atoms with E-state index in [1.807, 2.05) is 0 Å². The third-order valence-electron chi connectivity index (χ3n) is 7.24. The Labute approximate surface area is 241 Å². The molecule has 0 amide bonds. The van der Waals surface area contributed by atoms with Gasteiger partial charge in [-0.15, -0.1) is 24.8 Å². The second-order valence-corrected chi connectivity index (χ2v) is 11.3. The van der Waals surface area contributed by atoms with Gasteiger partial charge in [0.15, 0.2) is 0 Å². The highest BCUT2D eigenvalue weighted by Gasteiger charge is 2.31. The lowest BCUT2D eigenvalue weighted by Gasteiger charge is -2.19. The van der Waals surface area contributed by atoms with Crippen LogP contribution in [0, 0.1) is 23.7 Å². The number of carboxylic acids is 2. The van der Waals surface area contributed by atoms with Crippen LogP contribution in [0.1, 0.15) is 24.0 Å². The lowest BCUT2D eigenvalue weighted by Crippen LogP contribution is -2.27. The van der Waals surface area contributed by atoms with E-state index >= 15 is 0 Å². The van der Waals surface area contributed by atoms with Crippen molar-refractivity contribution in [1.82, 2.24) is 10.6 Å². The van der Waals surface area contributed by atoms with Crippen molar-refractivity contribution in [1.29, 1.82) is 0 Å². The Balaban J connectivity index is 0.00000267. The van der Waals surface area contributed by atoms with Crippen LogP contribution in [0.2, 0.25) is 0 Å². The van der Waals surface area contributed by atoms with Crippen LogP contribution in [0.15, 0.2) is 48.5 Å². The number of hydrogen-bond acceptors (Lipinski definition) is 6. The molecule has 2 aromatic rings. The number of rotatable bonds is 12. The van der Waals surface area contributed by atoms with Gasteiger partial charge in [0.2, 0.25) is 0 Å². The first-order valence-electron chi connectivity index (χ1n) is 12.6. The number of hydrogen-bond donors (Lipinski definition) is 6.